The molecule has 0 saturated carbocycles. The van der Waals surface area contributed by atoms with Crippen LogP contribution in [0.15, 0.2) is 71.5 Å². The van der Waals surface area contributed by atoms with Gasteiger partial charge in [0.25, 0.3) is 0 Å². The first-order valence-corrected chi connectivity index (χ1v) is 11.3. The van der Waals surface area contributed by atoms with Crippen LogP contribution in [0.3, 0.4) is 0 Å². The third-order valence-electron chi connectivity index (χ3n) is 6.58. The van der Waals surface area contributed by atoms with E-state index >= 15 is 0 Å². The van der Waals surface area contributed by atoms with Crippen molar-refractivity contribution < 1.29 is 4.79 Å². The number of carbonyl (C=O) groups excluding carboxylic acids is 1. The van der Waals surface area contributed by atoms with Crippen LogP contribution in [0.4, 0.5) is 0 Å². The molecule has 1 amide bonds. The molecule has 6 heteroatoms. The molecule has 2 N–H and O–H groups in total. The van der Waals surface area contributed by atoms with Crippen molar-refractivity contribution in [3.8, 4) is 0 Å². The maximum absolute atomic E-state index is 12.8. The van der Waals surface area contributed by atoms with Gasteiger partial charge in [-0.1, -0.05) is 54.6 Å². The van der Waals surface area contributed by atoms with Crippen molar-refractivity contribution in [3.05, 3.63) is 82.8 Å². The molecule has 6 nitrogen and oxygen atoms in total. The molecule has 1 aliphatic rings. The van der Waals surface area contributed by atoms with E-state index in [1.165, 1.54) is 10.8 Å². The van der Waals surface area contributed by atoms with Gasteiger partial charge in [-0.15, -0.1) is 0 Å². The van der Waals surface area contributed by atoms with Crippen molar-refractivity contribution >= 4 is 27.7 Å². The van der Waals surface area contributed by atoms with Gasteiger partial charge in [-0.2, -0.15) is 0 Å². The fourth-order valence-electron chi connectivity index (χ4n) is 4.97. The summed E-state index contributed by atoms with van der Waals surface area (Å²) in [5, 5.41) is 5.52. The average Bonchev–Trinajstić information content (AvgIpc) is 3.14. The molecule has 5 rings (SSSR count). The Labute approximate surface area is 186 Å². The highest BCUT2D eigenvalue weighted by atomic mass is 16.2. The predicted octanol–water partition coefficient (Wildman–Crippen LogP) is 4.00. The van der Waals surface area contributed by atoms with Crippen molar-refractivity contribution in [3.63, 3.8) is 0 Å². The Kier molecular flexibility index (Phi) is 5.53. The van der Waals surface area contributed by atoms with Gasteiger partial charge in [0, 0.05) is 19.1 Å². The molecule has 0 radical (unpaired) electrons. The van der Waals surface area contributed by atoms with E-state index in [9.17, 15) is 9.59 Å². The van der Waals surface area contributed by atoms with Crippen LogP contribution >= 0.6 is 0 Å². The number of piperidine rings is 1. The van der Waals surface area contributed by atoms with E-state index in [-0.39, 0.29) is 23.7 Å². The summed E-state index contributed by atoms with van der Waals surface area (Å²) in [4.78, 5) is 30.4. The molecule has 1 aromatic heterocycles. The van der Waals surface area contributed by atoms with Crippen molar-refractivity contribution in [2.45, 2.75) is 31.8 Å². The van der Waals surface area contributed by atoms with Gasteiger partial charge >= 0.3 is 5.69 Å². The molecule has 1 aliphatic heterocycles. The van der Waals surface area contributed by atoms with E-state index in [0.29, 0.717) is 6.54 Å². The van der Waals surface area contributed by atoms with E-state index in [2.05, 4.69) is 39.5 Å². The molecule has 1 saturated heterocycles. The largest absolute Gasteiger partial charge is 0.348 e. The molecule has 4 aromatic rings. The molecule has 2 heterocycles. The number of carbonyl (C=O) groups is 1. The first-order valence-electron chi connectivity index (χ1n) is 11.3. The number of H-pyrrole nitrogens is 1. The van der Waals surface area contributed by atoms with Gasteiger partial charge in [-0.25, -0.2) is 4.79 Å². The number of aromatic nitrogens is 2. The third-order valence-corrected chi connectivity index (χ3v) is 6.58. The summed E-state index contributed by atoms with van der Waals surface area (Å²) >= 11 is 0. The monoisotopic (exact) mass is 428 g/mol. The normalized spacial score (nSPS) is 16.4. The second kappa shape index (κ2) is 8.63. The molecular weight excluding hydrogens is 400 g/mol. The molecule has 164 valence electrons. The number of para-hydroxylation sites is 2. The third kappa shape index (κ3) is 3.94. The molecule has 1 fully saturated rings. The van der Waals surface area contributed by atoms with Crippen molar-refractivity contribution in [2.24, 2.45) is 0 Å². The molecule has 1 atom stereocenters. The Balaban J connectivity index is 1.20. The number of hydrogen-bond donors (Lipinski definition) is 2. The molecule has 3 aromatic carbocycles. The van der Waals surface area contributed by atoms with Gasteiger partial charge in [-0.05, 0) is 48.2 Å². The van der Waals surface area contributed by atoms with Crippen LogP contribution in [0, 0.1) is 0 Å². The number of imidazole rings is 1. The minimum Gasteiger partial charge on any atom is -0.348 e. The van der Waals surface area contributed by atoms with E-state index in [0.717, 1.165) is 42.5 Å². The number of rotatable bonds is 5. The van der Waals surface area contributed by atoms with Crippen LogP contribution in [0.5, 0.6) is 0 Å². The zero-order chi connectivity index (χ0) is 22.1. The number of aromatic amines is 1. The Morgan fingerprint density at radius 1 is 1.03 bits per heavy atom. The smallest absolute Gasteiger partial charge is 0.326 e. The van der Waals surface area contributed by atoms with Crippen molar-refractivity contribution in [1.29, 1.82) is 0 Å². The van der Waals surface area contributed by atoms with Gasteiger partial charge in [0.05, 0.1) is 23.6 Å². The summed E-state index contributed by atoms with van der Waals surface area (Å²) in [6.45, 7) is 4.01. The zero-order valence-corrected chi connectivity index (χ0v) is 18.3. The molecule has 0 unspecified atom stereocenters. The van der Waals surface area contributed by atoms with Gasteiger partial charge in [-0.3, -0.25) is 14.3 Å². The molecule has 32 heavy (non-hydrogen) atoms. The van der Waals surface area contributed by atoms with Crippen molar-refractivity contribution in [2.75, 3.05) is 19.6 Å². The summed E-state index contributed by atoms with van der Waals surface area (Å²) in [6.07, 6.45) is 1.71. The number of benzene rings is 3. The van der Waals surface area contributed by atoms with Crippen LogP contribution in [0.1, 0.15) is 37.4 Å². The SMILES string of the molecule is C[C@H](NC(=O)CN1CCC(n2c(=O)[nH]c3ccccc32)CC1)c1cccc2ccccc12. The number of fused-ring (bicyclic) bond motifs is 2. The highest BCUT2D eigenvalue weighted by molar-refractivity contribution is 5.87. The molecule has 0 spiro atoms. The molecule has 0 bridgehead atoms. The number of nitrogens with zero attached hydrogens (tertiary/aromatic N) is 2. The molecule has 0 aliphatic carbocycles. The van der Waals surface area contributed by atoms with Crippen LogP contribution in [0.25, 0.3) is 21.8 Å². The highest BCUT2D eigenvalue weighted by Gasteiger charge is 2.25. The topological polar surface area (TPSA) is 70.1 Å². The van der Waals surface area contributed by atoms with Crippen LogP contribution in [-0.2, 0) is 4.79 Å². The lowest BCUT2D eigenvalue weighted by Crippen LogP contribution is -2.43. The lowest BCUT2D eigenvalue weighted by atomic mass is 9.99. The van der Waals surface area contributed by atoms with E-state index in [1.807, 2.05) is 54.0 Å². The molecular formula is C26H28N4O2. The lowest BCUT2D eigenvalue weighted by Gasteiger charge is -2.32. The predicted molar refractivity (Wildman–Crippen MR) is 128 cm³/mol. The van der Waals surface area contributed by atoms with E-state index < -0.39 is 0 Å². The maximum atomic E-state index is 12.8. The highest BCUT2D eigenvalue weighted by Crippen LogP contribution is 2.26. The summed E-state index contributed by atoms with van der Waals surface area (Å²) in [5.41, 5.74) is 2.92. The Hall–Kier alpha value is -3.38. The Morgan fingerprint density at radius 2 is 1.75 bits per heavy atom. The maximum Gasteiger partial charge on any atom is 0.326 e. The first-order chi connectivity index (χ1) is 15.6. The Morgan fingerprint density at radius 3 is 2.59 bits per heavy atom. The number of nitrogens with one attached hydrogen (secondary N) is 2. The first kappa shape index (κ1) is 20.5. The second-order valence-corrected chi connectivity index (χ2v) is 8.68. The second-order valence-electron chi connectivity index (χ2n) is 8.68. The summed E-state index contributed by atoms with van der Waals surface area (Å²) < 4.78 is 1.88. The van der Waals surface area contributed by atoms with Crippen LogP contribution < -0.4 is 11.0 Å². The van der Waals surface area contributed by atoms with E-state index in [4.69, 9.17) is 0 Å². The number of amides is 1. The quantitative estimate of drug-likeness (QED) is 0.505. The van der Waals surface area contributed by atoms with Gasteiger partial charge in [0.15, 0.2) is 0 Å². The van der Waals surface area contributed by atoms with Crippen LogP contribution in [-0.4, -0.2) is 40.0 Å². The van der Waals surface area contributed by atoms with Gasteiger partial charge in [0.2, 0.25) is 5.91 Å². The fourth-order valence-corrected chi connectivity index (χ4v) is 4.97. The number of hydrogen-bond acceptors (Lipinski definition) is 3. The lowest BCUT2D eigenvalue weighted by molar-refractivity contribution is -0.123. The zero-order valence-electron chi connectivity index (χ0n) is 18.3. The van der Waals surface area contributed by atoms with Crippen molar-refractivity contribution in [1.82, 2.24) is 19.8 Å². The average molecular weight is 429 g/mol. The minimum atomic E-state index is -0.0593. The number of likely N-dealkylation sites (tertiary alicyclic amines) is 1. The summed E-state index contributed by atoms with van der Waals surface area (Å²) in [6, 6.07) is 22.4. The standard InChI is InChI=1S/C26H28N4O2/c1-18(21-10-6-8-19-7-2-3-9-22(19)21)27-25(31)17-29-15-13-20(14-16-29)30-24-12-5-4-11-23(24)28-26(30)32/h2-12,18,20H,13-17H2,1H3,(H,27,31)(H,28,32)/t18-/m0/s1. The Bertz CT molecular complexity index is 1310. The summed E-state index contributed by atoms with van der Waals surface area (Å²) in [5.74, 6) is 0.0353. The summed E-state index contributed by atoms with van der Waals surface area (Å²) in [7, 11) is 0. The van der Waals surface area contributed by atoms with E-state index in [1.54, 1.807) is 0 Å². The minimum absolute atomic E-state index is 0.0353. The van der Waals surface area contributed by atoms with Gasteiger partial charge < -0.3 is 10.3 Å². The van der Waals surface area contributed by atoms with Gasteiger partial charge in [0.1, 0.15) is 0 Å². The van der Waals surface area contributed by atoms with Crippen LogP contribution in [0.2, 0.25) is 0 Å². The fraction of sp³-hybridized carbons (Fsp3) is 0.308.